The molecule has 0 atom stereocenters. The van der Waals surface area contributed by atoms with Gasteiger partial charge in [0.25, 0.3) is 0 Å². The van der Waals surface area contributed by atoms with Gasteiger partial charge in [0.05, 0.1) is 41.7 Å². The molecule has 1 N–H and O–H groups in total. The minimum absolute atomic E-state index is 0.261. The van der Waals surface area contributed by atoms with Crippen molar-refractivity contribution in [1.82, 2.24) is 19.6 Å². The van der Waals surface area contributed by atoms with E-state index in [1.54, 1.807) is 23.8 Å². The number of aryl methyl sites for hydroxylation is 1. The third-order valence-electron chi connectivity index (χ3n) is 5.68. The van der Waals surface area contributed by atoms with E-state index < -0.39 is 0 Å². The van der Waals surface area contributed by atoms with E-state index in [4.69, 9.17) is 19.2 Å². The molecule has 0 radical (unpaired) electrons. The molecular weight excluding hydrogens is 488 g/mol. The molecule has 0 spiro atoms. The lowest BCUT2D eigenvalue weighted by Gasteiger charge is -2.08. The maximum atomic E-state index is 9.10. The average molecular weight is 509 g/mol. The molecule has 0 aliphatic carbocycles. The highest BCUT2D eigenvalue weighted by Crippen LogP contribution is 2.37. The molecule has 0 saturated heterocycles. The Bertz CT molecular complexity index is 1800. The first kappa shape index (κ1) is 22.6. The second-order valence-corrected chi connectivity index (χ2v) is 9.16. The Labute approximate surface area is 215 Å². The van der Waals surface area contributed by atoms with E-state index in [0.29, 0.717) is 39.2 Å². The number of hydrogen-bond acceptors (Lipinski definition) is 9. The largest absolute Gasteiger partial charge is 0.496 e. The van der Waals surface area contributed by atoms with E-state index in [1.807, 2.05) is 61.0 Å². The van der Waals surface area contributed by atoms with Crippen LogP contribution in [0.25, 0.3) is 28.1 Å². The fourth-order valence-corrected chi connectivity index (χ4v) is 4.63. The summed E-state index contributed by atoms with van der Waals surface area (Å²) in [7, 11) is 1.60. The highest BCUT2D eigenvalue weighted by molar-refractivity contribution is 7.13. The maximum absolute atomic E-state index is 9.10. The van der Waals surface area contributed by atoms with Crippen LogP contribution in [0.4, 0.5) is 10.8 Å². The van der Waals surface area contributed by atoms with Crippen LogP contribution in [0.5, 0.6) is 11.5 Å². The molecule has 0 fully saturated rings. The number of methoxy groups -OCH3 is 1. The van der Waals surface area contributed by atoms with E-state index in [1.165, 1.54) is 11.3 Å². The third-order valence-corrected chi connectivity index (χ3v) is 6.49. The van der Waals surface area contributed by atoms with Gasteiger partial charge in [-0.15, -0.1) is 11.3 Å². The molecule has 37 heavy (non-hydrogen) atoms. The first-order valence-corrected chi connectivity index (χ1v) is 12.3. The Kier molecular flexibility index (Phi) is 5.67. The number of imidazole rings is 1. The van der Waals surface area contributed by atoms with Crippen LogP contribution >= 0.6 is 11.3 Å². The van der Waals surface area contributed by atoms with E-state index in [-0.39, 0.29) is 6.61 Å². The van der Waals surface area contributed by atoms with Crippen molar-refractivity contribution in [2.45, 2.75) is 13.5 Å². The van der Waals surface area contributed by atoms with Crippen LogP contribution in [0.3, 0.4) is 0 Å². The molecule has 4 aromatic heterocycles. The normalized spacial score (nSPS) is 11.1. The number of thiazole rings is 1. The van der Waals surface area contributed by atoms with Crippen LogP contribution in [0, 0.1) is 18.3 Å². The Morgan fingerprint density at radius 3 is 2.92 bits per heavy atom. The van der Waals surface area contributed by atoms with Gasteiger partial charge >= 0.3 is 0 Å². The van der Waals surface area contributed by atoms with Crippen LogP contribution in [0.2, 0.25) is 0 Å². The zero-order valence-corrected chi connectivity index (χ0v) is 20.7. The summed E-state index contributed by atoms with van der Waals surface area (Å²) >= 11 is 1.46. The lowest BCUT2D eigenvalue weighted by molar-refractivity contribution is 0.303. The van der Waals surface area contributed by atoms with Crippen LogP contribution in [-0.2, 0) is 6.61 Å². The smallest absolute Gasteiger partial charge is 0.187 e. The molecule has 0 unspecified atom stereocenters. The van der Waals surface area contributed by atoms with Gasteiger partial charge in [-0.3, -0.25) is 0 Å². The fourth-order valence-electron chi connectivity index (χ4n) is 3.91. The number of hydrogen-bond donors (Lipinski definition) is 1. The first-order valence-electron chi connectivity index (χ1n) is 11.4. The summed E-state index contributed by atoms with van der Waals surface area (Å²) in [5, 5.41) is 20.2. The summed E-state index contributed by atoms with van der Waals surface area (Å²) < 4.78 is 19.5. The molecule has 0 amide bonds. The lowest BCUT2D eigenvalue weighted by Crippen LogP contribution is -1.97. The van der Waals surface area contributed by atoms with Crippen LogP contribution in [0.15, 0.2) is 70.6 Å². The van der Waals surface area contributed by atoms with Gasteiger partial charge in [-0.25, -0.2) is 14.5 Å². The third kappa shape index (κ3) is 4.55. The van der Waals surface area contributed by atoms with Crippen molar-refractivity contribution in [3.8, 4) is 29.0 Å². The molecule has 0 saturated carbocycles. The number of anilines is 2. The Balaban J connectivity index is 1.25. The lowest BCUT2D eigenvalue weighted by atomic mass is 10.2. The molecule has 0 aliphatic rings. The summed E-state index contributed by atoms with van der Waals surface area (Å²) in [5.41, 5.74) is 5.10. The molecular formula is C27H20N6O3S. The molecule has 9 nitrogen and oxygen atoms in total. The molecule has 182 valence electrons. The number of fused-ring (bicyclic) bond motifs is 2. The molecule has 6 rings (SSSR count). The predicted molar refractivity (Wildman–Crippen MR) is 140 cm³/mol. The number of aromatic nitrogens is 4. The van der Waals surface area contributed by atoms with Crippen LogP contribution < -0.4 is 14.8 Å². The van der Waals surface area contributed by atoms with Gasteiger partial charge in [0.15, 0.2) is 16.5 Å². The highest BCUT2D eigenvalue weighted by Gasteiger charge is 2.16. The average Bonchev–Trinajstić information content (AvgIpc) is 3.65. The summed E-state index contributed by atoms with van der Waals surface area (Å²) in [6, 6.07) is 18.8. The van der Waals surface area contributed by atoms with Gasteiger partial charge < -0.3 is 19.2 Å². The standard InChI is InChI=1S/C27H20N6O3S/c1-16-6-7-26-31-22(13-33(26)32-16)25-11-21-23(9-20(34-2)10-24(21)36-25)35-14-19-15-37-27(30-19)29-18-5-3-4-17(8-18)12-28/h3-11,13,15H,14H2,1-2H3,(H,29,30). The minimum atomic E-state index is 0.261. The minimum Gasteiger partial charge on any atom is -0.496 e. The Morgan fingerprint density at radius 2 is 2.05 bits per heavy atom. The van der Waals surface area contributed by atoms with E-state index in [2.05, 4.69) is 26.5 Å². The van der Waals surface area contributed by atoms with Gasteiger partial charge in [-0.2, -0.15) is 10.4 Å². The van der Waals surface area contributed by atoms with Crippen molar-refractivity contribution < 1.29 is 13.9 Å². The van der Waals surface area contributed by atoms with Crippen LogP contribution in [-0.4, -0.2) is 26.7 Å². The summed E-state index contributed by atoms with van der Waals surface area (Å²) in [6.07, 6.45) is 1.84. The Hall–Kier alpha value is -4.88. The monoisotopic (exact) mass is 508 g/mol. The quantitative estimate of drug-likeness (QED) is 0.275. The van der Waals surface area contributed by atoms with Gasteiger partial charge in [-0.05, 0) is 43.3 Å². The maximum Gasteiger partial charge on any atom is 0.187 e. The summed E-state index contributed by atoms with van der Waals surface area (Å²) in [6.45, 7) is 2.19. The molecule has 0 aliphatic heterocycles. The van der Waals surface area contributed by atoms with Crippen molar-refractivity contribution in [3.05, 3.63) is 83.1 Å². The summed E-state index contributed by atoms with van der Waals surface area (Å²) in [5.74, 6) is 1.84. The van der Waals surface area contributed by atoms with Crippen molar-refractivity contribution in [2.24, 2.45) is 0 Å². The number of furan rings is 1. The Morgan fingerprint density at radius 1 is 1.14 bits per heavy atom. The molecule has 4 heterocycles. The number of ether oxygens (including phenoxy) is 2. The van der Waals surface area contributed by atoms with Gasteiger partial charge in [0.2, 0.25) is 0 Å². The molecule has 10 heteroatoms. The number of benzene rings is 2. The van der Waals surface area contributed by atoms with Gasteiger partial charge in [-0.1, -0.05) is 6.07 Å². The molecule has 0 bridgehead atoms. The van der Waals surface area contributed by atoms with E-state index >= 15 is 0 Å². The van der Waals surface area contributed by atoms with E-state index in [0.717, 1.165) is 28.1 Å². The first-order chi connectivity index (χ1) is 18.1. The number of nitrogens with one attached hydrogen (secondary N) is 1. The number of nitrogens with zero attached hydrogens (tertiary/aromatic N) is 5. The summed E-state index contributed by atoms with van der Waals surface area (Å²) in [4.78, 5) is 9.24. The van der Waals surface area contributed by atoms with Crippen molar-refractivity contribution in [3.63, 3.8) is 0 Å². The SMILES string of the molecule is COc1cc(OCc2csc(Nc3cccc(C#N)c3)n2)c2cc(-c3cn4nc(C)ccc4n3)oc2c1. The van der Waals surface area contributed by atoms with Gasteiger partial charge in [0.1, 0.15) is 29.4 Å². The van der Waals surface area contributed by atoms with Crippen LogP contribution in [0.1, 0.15) is 17.0 Å². The number of rotatable bonds is 7. The highest BCUT2D eigenvalue weighted by atomic mass is 32.1. The zero-order valence-electron chi connectivity index (χ0n) is 19.9. The second kappa shape index (κ2) is 9.29. The van der Waals surface area contributed by atoms with E-state index in [9.17, 15) is 0 Å². The predicted octanol–water partition coefficient (Wildman–Crippen LogP) is 6.11. The molecule has 2 aromatic carbocycles. The van der Waals surface area contributed by atoms with Crippen molar-refractivity contribution >= 4 is 38.8 Å². The fraction of sp³-hybridized carbons (Fsp3) is 0.111. The van der Waals surface area contributed by atoms with Crippen molar-refractivity contribution in [1.29, 1.82) is 5.26 Å². The topological polar surface area (TPSA) is 110 Å². The zero-order chi connectivity index (χ0) is 25.4. The number of nitriles is 1. The van der Waals surface area contributed by atoms with Crippen molar-refractivity contribution in [2.75, 3.05) is 12.4 Å². The molecule has 6 aromatic rings. The van der Waals surface area contributed by atoms with Gasteiger partial charge in [0, 0.05) is 23.2 Å². The second-order valence-electron chi connectivity index (χ2n) is 8.30.